The van der Waals surface area contributed by atoms with Gasteiger partial charge >= 0.3 is 11.9 Å². The molecule has 3 aromatic rings. The van der Waals surface area contributed by atoms with Gasteiger partial charge in [0.2, 0.25) is 6.61 Å². The zero-order valence-corrected chi connectivity index (χ0v) is 25.2. The normalized spacial score (nSPS) is 18.7. The van der Waals surface area contributed by atoms with Crippen LogP contribution < -0.4 is 11.1 Å². The molecule has 5 rings (SSSR count). The van der Waals surface area contributed by atoms with Gasteiger partial charge in [-0.2, -0.15) is 0 Å². The molecule has 2 aliphatic heterocycles. The van der Waals surface area contributed by atoms with Gasteiger partial charge in [0.15, 0.2) is 16.5 Å². The zero-order chi connectivity index (χ0) is 30.9. The number of thiazole rings is 1. The number of carbonyl (C=O) groups is 4. The van der Waals surface area contributed by atoms with Gasteiger partial charge in [-0.05, 0) is 48.9 Å². The first-order valence-corrected chi connectivity index (χ1v) is 15.3. The van der Waals surface area contributed by atoms with E-state index in [0.29, 0.717) is 22.0 Å². The van der Waals surface area contributed by atoms with E-state index in [0.717, 1.165) is 16.2 Å². The number of oxime groups is 1. The zero-order valence-electron chi connectivity index (χ0n) is 22.8. The third-order valence-electron chi connectivity index (χ3n) is 5.71. The second-order valence-corrected chi connectivity index (χ2v) is 13.0. The number of aromatic nitrogens is 6. The number of ether oxygens (including phenoxy) is 1. The van der Waals surface area contributed by atoms with E-state index in [4.69, 9.17) is 15.3 Å². The number of nitrogen functional groups attached to an aromatic ring is 1. The van der Waals surface area contributed by atoms with Crippen molar-refractivity contribution >= 4 is 75.1 Å². The van der Waals surface area contributed by atoms with Crippen molar-refractivity contribution in [1.82, 2.24) is 40.5 Å². The highest BCUT2D eigenvalue weighted by Crippen LogP contribution is 2.41. The van der Waals surface area contributed by atoms with Crippen molar-refractivity contribution in [2.45, 2.75) is 42.8 Å². The molecule has 2 aliphatic rings. The van der Waals surface area contributed by atoms with Crippen molar-refractivity contribution in [2.24, 2.45) is 5.16 Å². The fraction of sp³-hybridized carbons (Fsp3) is 0.391. The molecule has 0 aromatic carbocycles. The van der Waals surface area contributed by atoms with Gasteiger partial charge in [-0.15, -0.1) is 49.7 Å². The van der Waals surface area contributed by atoms with Crippen molar-refractivity contribution in [3.63, 3.8) is 0 Å². The van der Waals surface area contributed by atoms with Gasteiger partial charge < -0.3 is 25.7 Å². The van der Waals surface area contributed by atoms with Crippen LogP contribution in [0.25, 0.3) is 5.65 Å². The molecular formula is C23H24N10O7S3. The predicted octanol–water partition coefficient (Wildman–Crippen LogP) is 0.151. The summed E-state index contributed by atoms with van der Waals surface area (Å²) in [5, 5.41) is 33.2. The van der Waals surface area contributed by atoms with E-state index >= 15 is 0 Å². The number of carboxylic acids is 1. The molecule has 3 aromatic heterocycles. The lowest BCUT2D eigenvalue weighted by Gasteiger charge is -2.49. The van der Waals surface area contributed by atoms with Crippen LogP contribution >= 0.6 is 34.9 Å². The molecule has 2 atom stereocenters. The van der Waals surface area contributed by atoms with Crippen molar-refractivity contribution in [3.05, 3.63) is 34.5 Å². The Kier molecular flexibility index (Phi) is 8.51. The number of rotatable bonds is 10. The lowest BCUT2D eigenvalue weighted by molar-refractivity contribution is -0.160. The molecule has 1 saturated heterocycles. The van der Waals surface area contributed by atoms with E-state index in [1.54, 1.807) is 32.9 Å². The minimum Gasteiger partial charge on any atom is -0.477 e. The topological polar surface area (TPSA) is 229 Å². The summed E-state index contributed by atoms with van der Waals surface area (Å²) in [7, 11) is 0. The number of nitrogens with one attached hydrogen (secondary N) is 1. The summed E-state index contributed by atoms with van der Waals surface area (Å²) in [5.41, 5.74) is 5.57. The number of carbonyl (C=O) groups excluding carboxylic acids is 3. The highest BCUT2D eigenvalue weighted by Gasteiger charge is 2.54. The van der Waals surface area contributed by atoms with Crippen LogP contribution in [0.4, 0.5) is 5.13 Å². The standard InChI is InChI=1S/C23H24N10O7S3/c1-23(2,3)40-14(34)6-39-29-15(11-9-43-22(24)25-11)18(35)26-16-19(36)32-17(21(37)38)10(8-42-20(16)32)7-41-13-5-4-12-27-30-31-33(12)28-13/h4-5,9,16,20H,6-8H2,1-3H3,(H2,24,25)(H,26,35)(H,37,38)/t16?,20-/m1/s1. The Hall–Kier alpha value is -4.30. The van der Waals surface area contributed by atoms with Crippen molar-refractivity contribution in [3.8, 4) is 0 Å². The van der Waals surface area contributed by atoms with Crippen molar-refractivity contribution in [1.29, 1.82) is 0 Å². The molecule has 0 bridgehead atoms. The van der Waals surface area contributed by atoms with Crippen LogP contribution in [-0.4, -0.2) is 105 Å². The van der Waals surface area contributed by atoms with Crippen LogP contribution in [0.15, 0.2) is 39.0 Å². The molecule has 43 heavy (non-hydrogen) atoms. The second kappa shape index (κ2) is 12.1. The summed E-state index contributed by atoms with van der Waals surface area (Å²) < 4.78 is 6.42. The third-order valence-corrected chi connectivity index (χ3v) is 8.73. The molecule has 2 amide bonds. The fourth-order valence-electron chi connectivity index (χ4n) is 4.00. The number of carboxylic acid groups (broad SMARTS) is 1. The van der Waals surface area contributed by atoms with Gasteiger partial charge in [-0.25, -0.2) is 14.6 Å². The Morgan fingerprint density at radius 2 is 2.09 bits per heavy atom. The molecule has 1 unspecified atom stereocenters. The molecule has 0 aliphatic carbocycles. The number of β-lactam (4-membered cyclic amide) rings is 1. The molecule has 0 radical (unpaired) electrons. The Bertz CT molecular complexity index is 1660. The molecule has 226 valence electrons. The predicted molar refractivity (Wildman–Crippen MR) is 154 cm³/mol. The van der Waals surface area contributed by atoms with Gasteiger partial charge in [-0.1, -0.05) is 5.16 Å². The van der Waals surface area contributed by atoms with Gasteiger partial charge in [0.25, 0.3) is 11.8 Å². The lowest BCUT2D eigenvalue weighted by Crippen LogP contribution is -2.71. The van der Waals surface area contributed by atoms with Crippen LogP contribution in [0.5, 0.6) is 0 Å². The quantitative estimate of drug-likeness (QED) is 0.0873. The van der Waals surface area contributed by atoms with E-state index in [1.807, 2.05) is 0 Å². The average Bonchev–Trinajstić information content (AvgIpc) is 3.59. The number of tetrazole rings is 1. The smallest absolute Gasteiger partial charge is 0.352 e. The first kappa shape index (κ1) is 30.2. The first-order chi connectivity index (χ1) is 20.4. The molecular weight excluding hydrogens is 625 g/mol. The molecule has 1 fully saturated rings. The largest absolute Gasteiger partial charge is 0.477 e. The fourth-order valence-corrected chi connectivity index (χ4v) is 6.88. The minimum atomic E-state index is -1.27. The van der Waals surface area contributed by atoms with E-state index in [-0.39, 0.29) is 28.0 Å². The third kappa shape index (κ3) is 6.70. The van der Waals surface area contributed by atoms with Crippen LogP contribution in [-0.2, 0) is 28.8 Å². The number of hydrogen-bond acceptors (Lipinski definition) is 16. The molecule has 5 heterocycles. The summed E-state index contributed by atoms with van der Waals surface area (Å²) in [6, 6.07) is 2.35. The second-order valence-electron chi connectivity index (χ2n) is 9.98. The van der Waals surface area contributed by atoms with E-state index in [1.165, 1.54) is 33.5 Å². The maximum atomic E-state index is 13.2. The number of anilines is 1. The van der Waals surface area contributed by atoms with Gasteiger partial charge in [-0.3, -0.25) is 14.5 Å². The van der Waals surface area contributed by atoms with Crippen LogP contribution in [0.3, 0.4) is 0 Å². The lowest BCUT2D eigenvalue weighted by atomic mass is 10.0. The number of fused-ring (bicyclic) bond motifs is 2. The maximum Gasteiger partial charge on any atom is 0.352 e. The summed E-state index contributed by atoms with van der Waals surface area (Å²) in [4.78, 5) is 60.9. The van der Waals surface area contributed by atoms with Crippen molar-refractivity contribution < 1.29 is 33.9 Å². The Morgan fingerprint density at radius 3 is 2.79 bits per heavy atom. The highest BCUT2D eigenvalue weighted by atomic mass is 32.2. The average molecular weight is 649 g/mol. The van der Waals surface area contributed by atoms with Crippen LogP contribution in [0.2, 0.25) is 0 Å². The number of thioether (sulfide) groups is 2. The van der Waals surface area contributed by atoms with E-state index in [2.05, 4.69) is 36.1 Å². The number of hydrogen-bond donors (Lipinski definition) is 3. The summed E-state index contributed by atoms with van der Waals surface area (Å²) in [6.45, 7) is 4.49. The molecule has 17 nitrogen and oxygen atoms in total. The van der Waals surface area contributed by atoms with Crippen molar-refractivity contribution in [2.75, 3.05) is 23.8 Å². The minimum absolute atomic E-state index is 0.0722. The Balaban J connectivity index is 1.27. The number of aliphatic carboxylic acids is 1. The number of amides is 2. The SMILES string of the molecule is CC(C)(C)OC(=O)CON=C(C(=O)NC1C(=O)N2C(C(=O)O)=C(CSc3ccc4nnnn4n3)CS[C@H]12)c1csc(N)n1. The van der Waals surface area contributed by atoms with Gasteiger partial charge in [0, 0.05) is 16.9 Å². The Morgan fingerprint density at radius 1 is 1.30 bits per heavy atom. The monoisotopic (exact) mass is 648 g/mol. The molecule has 0 spiro atoms. The highest BCUT2D eigenvalue weighted by molar-refractivity contribution is 8.01. The van der Waals surface area contributed by atoms with Gasteiger partial charge in [0.1, 0.15) is 33.4 Å². The number of nitrogens with two attached hydrogens (primary N) is 1. The molecule has 20 heteroatoms. The van der Waals surface area contributed by atoms with Gasteiger partial charge in [0.05, 0.1) is 0 Å². The van der Waals surface area contributed by atoms with E-state index < -0.39 is 47.4 Å². The first-order valence-electron chi connectivity index (χ1n) is 12.4. The molecule has 0 saturated carbocycles. The maximum absolute atomic E-state index is 13.2. The Labute approximate surface area is 255 Å². The summed E-state index contributed by atoms with van der Waals surface area (Å²) in [5.74, 6) is -2.85. The number of esters is 1. The number of nitrogens with zero attached hydrogens (tertiary/aromatic N) is 8. The molecule has 4 N–H and O–H groups in total. The van der Waals surface area contributed by atoms with Crippen LogP contribution in [0, 0.1) is 0 Å². The summed E-state index contributed by atoms with van der Waals surface area (Å²) in [6.07, 6.45) is 0. The van der Waals surface area contributed by atoms with Crippen LogP contribution in [0.1, 0.15) is 26.5 Å². The summed E-state index contributed by atoms with van der Waals surface area (Å²) >= 11 is 3.63. The van der Waals surface area contributed by atoms with E-state index in [9.17, 15) is 24.3 Å².